The molecule has 0 aliphatic carbocycles. The maximum absolute atomic E-state index is 12.9. The molecule has 0 fully saturated rings. The number of benzene rings is 2. The molecule has 1 heterocycles. The fraction of sp³-hybridized carbons (Fsp3) is 0.316. The van der Waals surface area contributed by atoms with Crippen LogP contribution in [0.25, 0.3) is 0 Å². The minimum Gasteiger partial charge on any atom is -0.497 e. The van der Waals surface area contributed by atoms with Gasteiger partial charge in [-0.15, -0.1) is 0 Å². The van der Waals surface area contributed by atoms with E-state index in [9.17, 15) is 4.79 Å². The lowest BCUT2D eigenvalue weighted by molar-refractivity contribution is 0.0994. The molecular weight excluding hydrogens is 274 g/mol. The van der Waals surface area contributed by atoms with Crippen LogP contribution in [0.4, 0.5) is 5.69 Å². The summed E-state index contributed by atoms with van der Waals surface area (Å²) in [7, 11) is 1.64. The number of methoxy groups -OCH3 is 1. The van der Waals surface area contributed by atoms with Gasteiger partial charge in [0.25, 0.3) is 5.91 Å². The Hall–Kier alpha value is -2.29. The average Bonchev–Trinajstić information content (AvgIpc) is 2.84. The largest absolute Gasteiger partial charge is 0.497 e. The molecule has 0 radical (unpaired) electrons. The van der Waals surface area contributed by atoms with Crippen LogP contribution in [0.15, 0.2) is 42.5 Å². The van der Waals surface area contributed by atoms with Gasteiger partial charge in [0, 0.05) is 11.3 Å². The van der Waals surface area contributed by atoms with Crippen molar-refractivity contribution in [2.75, 3.05) is 12.0 Å². The lowest BCUT2D eigenvalue weighted by atomic mass is 9.82. The molecule has 0 N–H and O–H groups in total. The Morgan fingerprint density at radius 2 is 1.73 bits per heavy atom. The molecule has 3 rings (SSSR count). The number of anilines is 1. The van der Waals surface area contributed by atoms with Gasteiger partial charge >= 0.3 is 0 Å². The smallest absolute Gasteiger partial charge is 0.259 e. The van der Waals surface area contributed by atoms with Gasteiger partial charge < -0.3 is 9.64 Å². The molecule has 1 aliphatic rings. The quantitative estimate of drug-likeness (QED) is 0.833. The van der Waals surface area contributed by atoms with Gasteiger partial charge in [-0.2, -0.15) is 0 Å². The second-order valence-electron chi connectivity index (χ2n) is 6.68. The zero-order valence-corrected chi connectivity index (χ0v) is 13.5. The van der Waals surface area contributed by atoms with Gasteiger partial charge in [0.15, 0.2) is 0 Å². The van der Waals surface area contributed by atoms with Crippen molar-refractivity contribution in [2.24, 2.45) is 0 Å². The maximum atomic E-state index is 12.9. The normalized spacial score (nSPS) is 14.2. The summed E-state index contributed by atoms with van der Waals surface area (Å²) in [6.45, 7) is 7.06. The summed E-state index contributed by atoms with van der Waals surface area (Å²) in [4.78, 5) is 14.7. The highest BCUT2D eigenvalue weighted by atomic mass is 16.5. The molecule has 0 aromatic heterocycles. The van der Waals surface area contributed by atoms with Crippen molar-refractivity contribution < 1.29 is 9.53 Å². The predicted molar refractivity (Wildman–Crippen MR) is 88.6 cm³/mol. The number of hydrogen-bond donors (Lipinski definition) is 0. The Morgan fingerprint density at radius 3 is 2.32 bits per heavy atom. The summed E-state index contributed by atoms with van der Waals surface area (Å²) in [6.07, 6.45) is 0. The number of carbonyl (C=O) groups excluding carboxylic acids is 1. The minimum atomic E-state index is -0.0447. The number of amides is 1. The first kappa shape index (κ1) is 14.6. The van der Waals surface area contributed by atoms with Crippen LogP contribution in [-0.2, 0) is 12.0 Å². The fourth-order valence-electron chi connectivity index (χ4n) is 2.96. The molecule has 0 saturated heterocycles. The number of rotatable bonds is 2. The van der Waals surface area contributed by atoms with Gasteiger partial charge in [0.05, 0.1) is 13.7 Å². The van der Waals surface area contributed by atoms with Gasteiger partial charge in [-0.1, -0.05) is 39.0 Å². The highest BCUT2D eigenvalue weighted by Crippen LogP contribution is 2.35. The molecule has 1 aliphatic heterocycles. The van der Waals surface area contributed by atoms with Gasteiger partial charge in [-0.25, -0.2) is 0 Å². The van der Waals surface area contributed by atoms with Crippen molar-refractivity contribution in [3.63, 3.8) is 0 Å². The van der Waals surface area contributed by atoms with Crippen LogP contribution in [0.5, 0.6) is 5.75 Å². The van der Waals surface area contributed by atoms with E-state index in [1.165, 1.54) is 0 Å². The Bertz CT molecular complexity index is 711. The van der Waals surface area contributed by atoms with Crippen LogP contribution in [0, 0.1) is 0 Å². The zero-order valence-electron chi connectivity index (χ0n) is 13.5. The fourth-order valence-corrected chi connectivity index (χ4v) is 2.96. The molecule has 0 saturated carbocycles. The van der Waals surface area contributed by atoms with Crippen molar-refractivity contribution in [1.29, 1.82) is 0 Å². The van der Waals surface area contributed by atoms with Crippen LogP contribution < -0.4 is 9.64 Å². The number of nitrogens with zero attached hydrogens (tertiary/aromatic N) is 1. The molecule has 3 heteroatoms. The first-order valence-corrected chi connectivity index (χ1v) is 7.50. The van der Waals surface area contributed by atoms with E-state index in [-0.39, 0.29) is 11.3 Å². The Labute approximate surface area is 131 Å². The summed E-state index contributed by atoms with van der Waals surface area (Å²) >= 11 is 0. The van der Waals surface area contributed by atoms with Crippen molar-refractivity contribution in [3.05, 3.63) is 59.2 Å². The Morgan fingerprint density at radius 1 is 1.05 bits per heavy atom. The molecule has 0 unspecified atom stereocenters. The number of carbonyl (C=O) groups is 1. The molecule has 2 aromatic rings. The number of fused-ring (bicyclic) bond motifs is 1. The molecule has 2 aromatic carbocycles. The Balaban J connectivity index is 2.01. The summed E-state index contributed by atoms with van der Waals surface area (Å²) < 4.78 is 5.18. The molecule has 3 nitrogen and oxygen atoms in total. The number of hydrogen-bond acceptors (Lipinski definition) is 2. The standard InChI is InChI=1S/C19H21NO2/c1-19(2,3)16-7-5-6-13-12-20(18(21)17(13)16)14-8-10-15(22-4)11-9-14/h5-11H,12H2,1-4H3. The predicted octanol–water partition coefficient (Wildman–Crippen LogP) is 4.15. The van der Waals surface area contributed by atoms with E-state index in [2.05, 4.69) is 26.8 Å². The lowest BCUT2D eigenvalue weighted by Gasteiger charge is -2.22. The van der Waals surface area contributed by atoms with Crippen LogP contribution in [0.3, 0.4) is 0 Å². The van der Waals surface area contributed by atoms with E-state index in [1.54, 1.807) is 7.11 Å². The molecule has 0 atom stereocenters. The van der Waals surface area contributed by atoms with Gasteiger partial charge in [0.2, 0.25) is 0 Å². The SMILES string of the molecule is COc1ccc(N2Cc3cccc(C(C)(C)C)c3C2=O)cc1. The molecule has 1 amide bonds. The second-order valence-corrected chi connectivity index (χ2v) is 6.68. The first-order chi connectivity index (χ1) is 10.4. The molecular formula is C19H21NO2. The lowest BCUT2D eigenvalue weighted by Crippen LogP contribution is -2.25. The molecule has 114 valence electrons. The second kappa shape index (κ2) is 5.16. The summed E-state index contributed by atoms with van der Waals surface area (Å²) in [5.74, 6) is 0.883. The van der Waals surface area contributed by atoms with E-state index in [1.807, 2.05) is 41.3 Å². The minimum absolute atomic E-state index is 0.0447. The monoisotopic (exact) mass is 295 g/mol. The maximum Gasteiger partial charge on any atom is 0.259 e. The number of ether oxygens (including phenoxy) is 1. The average molecular weight is 295 g/mol. The third-order valence-electron chi connectivity index (χ3n) is 4.13. The Kier molecular flexibility index (Phi) is 3.44. The van der Waals surface area contributed by atoms with Gasteiger partial charge in [-0.3, -0.25) is 4.79 Å². The molecule has 22 heavy (non-hydrogen) atoms. The van der Waals surface area contributed by atoms with Crippen LogP contribution >= 0.6 is 0 Å². The van der Waals surface area contributed by atoms with E-state index in [0.717, 1.165) is 28.1 Å². The first-order valence-electron chi connectivity index (χ1n) is 7.50. The topological polar surface area (TPSA) is 29.5 Å². The van der Waals surface area contributed by atoms with Crippen molar-refractivity contribution >= 4 is 11.6 Å². The summed E-state index contributed by atoms with van der Waals surface area (Å²) in [5, 5.41) is 0. The van der Waals surface area contributed by atoms with Crippen LogP contribution in [0.2, 0.25) is 0 Å². The third-order valence-corrected chi connectivity index (χ3v) is 4.13. The van der Waals surface area contributed by atoms with Crippen molar-refractivity contribution in [2.45, 2.75) is 32.7 Å². The van der Waals surface area contributed by atoms with Gasteiger partial charge in [0.1, 0.15) is 5.75 Å². The summed E-state index contributed by atoms with van der Waals surface area (Å²) in [6, 6.07) is 13.8. The summed E-state index contributed by atoms with van der Waals surface area (Å²) in [5.41, 5.74) is 3.95. The van der Waals surface area contributed by atoms with Crippen molar-refractivity contribution in [1.82, 2.24) is 0 Å². The van der Waals surface area contributed by atoms with Crippen LogP contribution in [-0.4, -0.2) is 13.0 Å². The van der Waals surface area contributed by atoms with Crippen molar-refractivity contribution in [3.8, 4) is 5.75 Å². The zero-order chi connectivity index (χ0) is 15.9. The van der Waals surface area contributed by atoms with E-state index < -0.39 is 0 Å². The van der Waals surface area contributed by atoms with E-state index >= 15 is 0 Å². The van der Waals surface area contributed by atoms with Crippen LogP contribution in [0.1, 0.15) is 42.3 Å². The molecule has 0 spiro atoms. The highest BCUT2D eigenvalue weighted by molar-refractivity contribution is 6.11. The molecule has 0 bridgehead atoms. The van der Waals surface area contributed by atoms with E-state index in [0.29, 0.717) is 6.54 Å². The highest BCUT2D eigenvalue weighted by Gasteiger charge is 2.33. The van der Waals surface area contributed by atoms with Gasteiger partial charge in [-0.05, 0) is 40.8 Å². The van der Waals surface area contributed by atoms with E-state index in [4.69, 9.17) is 4.74 Å². The third kappa shape index (κ3) is 2.37.